The molecule has 0 spiro atoms. The second-order valence-corrected chi connectivity index (χ2v) is 6.13. The zero-order valence-electron chi connectivity index (χ0n) is 11.0. The van der Waals surface area contributed by atoms with Crippen LogP contribution >= 0.6 is 0 Å². The number of likely N-dealkylation sites (tertiary alicyclic amines) is 2. The van der Waals surface area contributed by atoms with Gasteiger partial charge in [0.1, 0.15) is 0 Å². The monoisotopic (exact) mass is 237 g/mol. The van der Waals surface area contributed by atoms with Gasteiger partial charge >= 0.3 is 0 Å². The third-order valence-electron chi connectivity index (χ3n) is 4.79. The zero-order valence-corrected chi connectivity index (χ0v) is 11.0. The molecule has 0 amide bonds. The summed E-state index contributed by atoms with van der Waals surface area (Å²) in [6.07, 6.45) is 8.50. The maximum atomic E-state index is 3.77. The van der Waals surface area contributed by atoms with Gasteiger partial charge in [0.2, 0.25) is 0 Å². The van der Waals surface area contributed by atoms with Crippen LogP contribution in [0.15, 0.2) is 0 Å². The third kappa shape index (κ3) is 3.21. The molecule has 0 aliphatic carbocycles. The molecule has 3 nitrogen and oxygen atoms in total. The SMILES string of the molecule is C1CCN(CCN2CCC3CCC(C2)N3)CC1. The molecule has 2 unspecified atom stereocenters. The first kappa shape index (κ1) is 11.9. The Morgan fingerprint density at radius 1 is 0.765 bits per heavy atom. The van der Waals surface area contributed by atoms with Crippen LogP contribution in [0.25, 0.3) is 0 Å². The maximum Gasteiger partial charge on any atom is 0.0198 e. The van der Waals surface area contributed by atoms with Crippen LogP contribution in [-0.2, 0) is 0 Å². The van der Waals surface area contributed by atoms with Crippen molar-refractivity contribution in [3.8, 4) is 0 Å². The van der Waals surface area contributed by atoms with Crippen molar-refractivity contribution in [1.29, 1.82) is 0 Å². The van der Waals surface area contributed by atoms with E-state index in [1.807, 2.05) is 0 Å². The number of nitrogens with zero attached hydrogens (tertiary/aromatic N) is 2. The van der Waals surface area contributed by atoms with E-state index < -0.39 is 0 Å². The Morgan fingerprint density at radius 2 is 1.53 bits per heavy atom. The molecule has 3 aliphatic heterocycles. The van der Waals surface area contributed by atoms with Crippen molar-refractivity contribution >= 4 is 0 Å². The highest BCUT2D eigenvalue weighted by molar-refractivity contribution is 4.89. The number of hydrogen-bond acceptors (Lipinski definition) is 3. The minimum absolute atomic E-state index is 0.795. The van der Waals surface area contributed by atoms with Crippen molar-refractivity contribution in [2.75, 3.05) is 39.3 Å². The predicted octanol–water partition coefficient (Wildman–Crippen LogP) is 1.30. The number of piperidine rings is 1. The lowest BCUT2D eigenvalue weighted by Crippen LogP contribution is -2.41. The molecular formula is C14H27N3. The molecule has 2 bridgehead atoms. The van der Waals surface area contributed by atoms with Crippen molar-refractivity contribution in [1.82, 2.24) is 15.1 Å². The Kier molecular flexibility index (Phi) is 3.99. The van der Waals surface area contributed by atoms with Crippen LogP contribution in [0.2, 0.25) is 0 Å². The van der Waals surface area contributed by atoms with Gasteiger partial charge < -0.3 is 15.1 Å². The molecule has 2 atom stereocenters. The standard InChI is InChI=1S/C14H27N3/c1-2-7-16(8-3-1)10-11-17-9-6-13-4-5-14(12-17)15-13/h13-15H,1-12H2. The molecular weight excluding hydrogens is 210 g/mol. The minimum atomic E-state index is 0.795. The minimum Gasteiger partial charge on any atom is -0.310 e. The van der Waals surface area contributed by atoms with E-state index in [0.717, 1.165) is 12.1 Å². The fourth-order valence-corrected chi connectivity index (χ4v) is 3.68. The molecule has 3 saturated heterocycles. The summed E-state index contributed by atoms with van der Waals surface area (Å²) < 4.78 is 0. The smallest absolute Gasteiger partial charge is 0.0198 e. The lowest BCUT2D eigenvalue weighted by molar-refractivity contribution is 0.177. The number of nitrogens with one attached hydrogen (secondary N) is 1. The highest BCUT2D eigenvalue weighted by Gasteiger charge is 2.29. The summed E-state index contributed by atoms with van der Waals surface area (Å²) in [5.74, 6) is 0. The lowest BCUT2D eigenvalue weighted by Gasteiger charge is -2.30. The van der Waals surface area contributed by atoms with Gasteiger partial charge in [-0.2, -0.15) is 0 Å². The molecule has 3 heteroatoms. The molecule has 0 radical (unpaired) electrons. The van der Waals surface area contributed by atoms with Crippen LogP contribution in [0.1, 0.15) is 38.5 Å². The molecule has 3 heterocycles. The van der Waals surface area contributed by atoms with Crippen molar-refractivity contribution in [2.45, 2.75) is 50.6 Å². The van der Waals surface area contributed by atoms with Crippen LogP contribution in [0.4, 0.5) is 0 Å². The number of hydrogen-bond donors (Lipinski definition) is 1. The van der Waals surface area contributed by atoms with Gasteiger partial charge in [-0.05, 0) is 51.7 Å². The van der Waals surface area contributed by atoms with E-state index in [4.69, 9.17) is 0 Å². The Bertz CT molecular complexity index is 238. The molecule has 3 rings (SSSR count). The summed E-state index contributed by atoms with van der Waals surface area (Å²) in [4.78, 5) is 5.37. The van der Waals surface area contributed by atoms with E-state index >= 15 is 0 Å². The molecule has 0 aromatic carbocycles. The van der Waals surface area contributed by atoms with Crippen molar-refractivity contribution in [2.24, 2.45) is 0 Å². The molecule has 3 fully saturated rings. The van der Waals surface area contributed by atoms with E-state index in [9.17, 15) is 0 Å². The van der Waals surface area contributed by atoms with Crippen LogP contribution < -0.4 is 5.32 Å². The second-order valence-electron chi connectivity index (χ2n) is 6.13. The van der Waals surface area contributed by atoms with E-state index in [1.54, 1.807) is 0 Å². The fraction of sp³-hybridized carbons (Fsp3) is 1.00. The Hall–Kier alpha value is -0.120. The van der Waals surface area contributed by atoms with Crippen LogP contribution in [0.3, 0.4) is 0 Å². The van der Waals surface area contributed by atoms with E-state index in [2.05, 4.69) is 15.1 Å². The quantitative estimate of drug-likeness (QED) is 0.798. The Labute approximate surface area is 106 Å². The maximum absolute atomic E-state index is 3.77. The first-order valence-electron chi connectivity index (χ1n) is 7.61. The van der Waals surface area contributed by atoms with E-state index in [1.165, 1.54) is 77.8 Å². The Balaban J connectivity index is 1.42. The fourth-order valence-electron chi connectivity index (χ4n) is 3.68. The number of rotatable bonds is 3. The zero-order chi connectivity index (χ0) is 11.5. The largest absolute Gasteiger partial charge is 0.310 e. The first-order valence-corrected chi connectivity index (χ1v) is 7.61. The van der Waals surface area contributed by atoms with Gasteiger partial charge in [0.25, 0.3) is 0 Å². The normalized spacial score (nSPS) is 36.0. The average Bonchev–Trinajstić information content (AvgIpc) is 2.70. The van der Waals surface area contributed by atoms with Crippen LogP contribution in [-0.4, -0.2) is 61.2 Å². The highest BCUT2D eigenvalue weighted by Crippen LogP contribution is 2.20. The molecule has 0 aromatic heterocycles. The lowest BCUT2D eigenvalue weighted by atomic mass is 10.1. The van der Waals surface area contributed by atoms with Crippen molar-refractivity contribution in [3.05, 3.63) is 0 Å². The van der Waals surface area contributed by atoms with Gasteiger partial charge in [0, 0.05) is 31.7 Å². The van der Waals surface area contributed by atoms with Gasteiger partial charge in [-0.1, -0.05) is 6.42 Å². The molecule has 17 heavy (non-hydrogen) atoms. The second kappa shape index (κ2) is 5.68. The molecule has 98 valence electrons. The van der Waals surface area contributed by atoms with Crippen LogP contribution in [0, 0.1) is 0 Å². The van der Waals surface area contributed by atoms with E-state index in [0.29, 0.717) is 0 Å². The molecule has 0 saturated carbocycles. The van der Waals surface area contributed by atoms with Gasteiger partial charge in [0.05, 0.1) is 0 Å². The van der Waals surface area contributed by atoms with Crippen molar-refractivity contribution in [3.63, 3.8) is 0 Å². The van der Waals surface area contributed by atoms with E-state index in [-0.39, 0.29) is 0 Å². The average molecular weight is 237 g/mol. The summed E-state index contributed by atoms with van der Waals surface area (Å²) in [5.41, 5.74) is 0. The van der Waals surface area contributed by atoms with Crippen molar-refractivity contribution < 1.29 is 0 Å². The Morgan fingerprint density at radius 3 is 2.41 bits per heavy atom. The van der Waals surface area contributed by atoms with Gasteiger partial charge in [-0.3, -0.25) is 0 Å². The molecule has 3 aliphatic rings. The molecule has 0 aromatic rings. The van der Waals surface area contributed by atoms with Gasteiger partial charge in [-0.25, -0.2) is 0 Å². The van der Waals surface area contributed by atoms with Gasteiger partial charge in [-0.15, -0.1) is 0 Å². The number of fused-ring (bicyclic) bond motifs is 2. The van der Waals surface area contributed by atoms with Gasteiger partial charge in [0.15, 0.2) is 0 Å². The summed E-state index contributed by atoms with van der Waals surface area (Å²) in [5, 5.41) is 3.77. The summed E-state index contributed by atoms with van der Waals surface area (Å²) in [7, 11) is 0. The predicted molar refractivity (Wildman–Crippen MR) is 71.3 cm³/mol. The summed E-state index contributed by atoms with van der Waals surface area (Å²) >= 11 is 0. The topological polar surface area (TPSA) is 18.5 Å². The van der Waals surface area contributed by atoms with Crippen LogP contribution in [0.5, 0.6) is 0 Å². The first-order chi connectivity index (χ1) is 8.40. The summed E-state index contributed by atoms with van der Waals surface area (Å²) in [6.45, 7) is 7.91. The highest BCUT2D eigenvalue weighted by atomic mass is 15.2. The summed E-state index contributed by atoms with van der Waals surface area (Å²) in [6, 6.07) is 1.63. The molecule has 1 N–H and O–H groups in total. The third-order valence-corrected chi connectivity index (χ3v) is 4.79.